The molecule has 2 rings (SSSR count). The predicted octanol–water partition coefficient (Wildman–Crippen LogP) is 4.37. The van der Waals surface area contributed by atoms with Gasteiger partial charge < -0.3 is 14.2 Å². The van der Waals surface area contributed by atoms with Gasteiger partial charge in [0.2, 0.25) is 0 Å². The summed E-state index contributed by atoms with van der Waals surface area (Å²) in [6.45, 7) is 0. The molecule has 0 aliphatic heterocycles. The van der Waals surface area contributed by atoms with Gasteiger partial charge in [-0.2, -0.15) is 0 Å². The van der Waals surface area contributed by atoms with Gasteiger partial charge in [0.15, 0.2) is 17.3 Å². The molecule has 120 valence electrons. The fraction of sp³-hybridized carbons (Fsp3) is 0.167. The van der Waals surface area contributed by atoms with Crippen LogP contribution in [0.5, 0.6) is 17.2 Å². The molecule has 0 saturated heterocycles. The van der Waals surface area contributed by atoms with Crippen LogP contribution in [0.4, 0.5) is 0 Å². The Morgan fingerprint density at radius 1 is 0.913 bits per heavy atom. The van der Waals surface area contributed by atoms with Gasteiger partial charge in [0, 0.05) is 5.56 Å². The van der Waals surface area contributed by atoms with Crippen molar-refractivity contribution < 1.29 is 19.0 Å². The Morgan fingerprint density at radius 3 is 2.17 bits per heavy atom. The number of methoxy groups -OCH3 is 3. The van der Waals surface area contributed by atoms with Crippen LogP contribution in [-0.2, 0) is 0 Å². The quantitative estimate of drug-likeness (QED) is 0.554. The van der Waals surface area contributed by atoms with Crippen molar-refractivity contribution in [2.24, 2.45) is 0 Å². The maximum atomic E-state index is 12.3. The lowest BCUT2D eigenvalue weighted by Gasteiger charge is -2.08. The van der Waals surface area contributed by atoms with Crippen LogP contribution in [-0.4, -0.2) is 27.1 Å². The van der Waals surface area contributed by atoms with E-state index in [9.17, 15) is 4.79 Å². The van der Waals surface area contributed by atoms with E-state index in [0.29, 0.717) is 17.1 Å². The van der Waals surface area contributed by atoms with Gasteiger partial charge in [-0.05, 0) is 57.9 Å². The number of hydrogen-bond donors (Lipinski definition) is 0. The van der Waals surface area contributed by atoms with Crippen LogP contribution in [0.1, 0.15) is 15.9 Å². The second-order valence-electron chi connectivity index (χ2n) is 4.66. The molecule has 0 N–H and O–H groups in total. The molecule has 0 spiro atoms. The third-order valence-corrected chi connectivity index (χ3v) is 3.89. The first kappa shape index (κ1) is 17.1. The summed E-state index contributed by atoms with van der Waals surface area (Å²) in [5.41, 5.74) is 1.43. The van der Waals surface area contributed by atoms with Gasteiger partial charge in [-0.15, -0.1) is 0 Å². The van der Waals surface area contributed by atoms with Crippen LogP contribution in [0.25, 0.3) is 6.08 Å². The van der Waals surface area contributed by atoms with E-state index in [4.69, 9.17) is 14.2 Å². The van der Waals surface area contributed by atoms with Gasteiger partial charge in [0.05, 0.1) is 25.8 Å². The Hall–Kier alpha value is -2.27. The normalized spacial score (nSPS) is 10.6. The van der Waals surface area contributed by atoms with Gasteiger partial charge in [0.1, 0.15) is 5.75 Å². The van der Waals surface area contributed by atoms with Crippen LogP contribution in [0.3, 0.4) is 0 Å². The van der Waals surface area contributed by atoms with Crippen molar-refractivity contribution in [1.29, 1.82) is 0 Å². The lowest BCUT2D eigenvalue weighted by Crippen LogP contribution is -1.97. The molecule has 0 unspecified atom stereocenters. The number of ketones is 1. The highest BCUT2D eigenvalue weighted by Gasteiger charge is 2.08. The molecule has 0 amide bonds. The molecule has 4 nitrogen and oxygen atoms in total. The van der Waals surface area contributed by atoms with E-state index in [0.717, 1.165) is 15.8 Å². The Balaban J connectivity index is 2.19. The molecular weight excluding hydrogens is 360 g/mol. The van der Waals surface area contributed by atoms with Crippen LogP contribution < -0.4 is 14.2 Å². The number of ether oxygens (including phenoxy) is 3. The summed E-state index contributed by atoms with van der Waals surface area (Å²) in [4.78, 5) is 12.3. The molecule has 0 fully saturated rings. The highest BCUT2D eigenvalue weighted by molar-refractivity contribution is 9.10. The maximum Gasteiger partial charge on any atom is 0.185 e. The Kier molecular flexibility index (Phi) is 5.82. The van der Waals surface area contributed by atoms with Crippen molar-refractivity contribution in [3.05, 3.63) is 58.1 Å². The predicted molar refractivity (Wildman–Crippen MR) is 93.6 cm³/mol. The lowest BCUT2D eigenvalue weighted by molar-refractivity contribution is 0.104. The molecule has 5 heteroatoms. The zero-order valence-corrected chi connectivity index (χ0v) is 14.7. The minimum Gasteiger partial charge on any atom is -0.496 e. The van der Waals surface area contributed by atoms with Crippen molar-refractivity contribution in [2.45, 2.75) is 0 Å². The summed E-state index contributed by atoms with van der Waals surface area (Å²) >= 11 is 3.42. The van der Waals surface area contributed by atoms with E-state index in [1.54, 1.807) is 38.5 Å². The summed E-state index contributed by atoms with van der Waals surface area (Å²) in [5, 5.41) is 0. The Bertz CT molecular complexity index is 738. The van der Waals surface area contributed by atoms with Crippen molar-refractivity contribution >= 4 is 27.8 Å². The third kappa shape index (κ3) is 4.13. The molecule has 0 atom stereocenters. The van der Waals surface area contributed by atoms with Crippen molar-refractivity contribution in [2.75, 3.05) is 21.3 Å². The summed E-state index contributed by atoms with van der Waals surface area (Å²) in [6, 6.07) is 10.7. The highest BCUT2D eigenvalue weighted by Crippen LogP contribution is 2.28. The largest absolute Gasteiger partial charge is 0.496 e. The number of halogens is 1. The Morgan fingerprint density at radius 2 is 1.57 bits per heavy atom. The average Bonchev–Trinajstić information content (AvgIpc) is 2.59. The minimum atomic E-state index is -0.113. The fourth-order valence-corrected chi connectivity index (χ4v) is 2.60. The van der Waals surface area contributed by atoms with Crippen molar-refractivity contribution in [3.63, 3.8) is 0 Å². The molecule has 0 radical (unpaired) electrons. The van der Waals surface area contributed by atoms with Crippen LogP contribution >= 0.6 is 15.9 Å². The lowest BCUT2D eigenvalue weighted by atomic mass is 10.1. The average molecular weight is 377 g/mol. The van der Waals surface area contributed by atoms with Gasteiger partial charge in [-0.25, -0.2) is 0 Å². The van der Waals surface area contributed by atoms with Crippen molar-refractivity contribution in [1.82, 2.24) is 0 Å². The van der Waals surface area contributed by atoms with E-state index in [-0.39, 0.29) is 5.78 Å². The van der Waals surface area contributed by atoms with Crippen LogP contribution in [0, 0.1) is 0 Å². The van der Waals surface area contributed by atoms with Crippen LogP contribution in [0.2, 0.25) is 0 Å². The molecule has 2 aromatic rings. The topological polar surface area (TPSA) is 44.8 Å². The molecule has 0 bridgehead atoms. The van der Waals surface area contributed by atoms with E-state index in [2.05, 4.69) is 15.9 Å². The molecule has 2 aromatic carbocycles. The monoisotopic (exact) mass is 376 g/mol. The van der Waals surface area contributed by atoms with E-state index in [1.165, 1.54) is 13.2 Å². The number of rotatable bonds is 6. The first-order chi connectivity index (χ1) is 11.1. The van der Waals surface area contributed by atoms with E-state index < -0.39 is 0 Å². The van der Waals surface area contributed by atoms with Crippen molar-refractivity contribution in [3.8, 4) is 17.2 Å². The first-order valence-electron chi connectivity index (χ1n) is 6.87. The summed E-state index contributed by atoms with van der Waals surface area (Å²) in [5.74, 6) is 1.75. The summed E-state index contributed by atoms with van der Waals surface area (Å²) < 4.78 is 16.4. The number of benzene rings is 2. The molecule has 0 aromatic heterocycles. The second kappa shape index (κ2) is 7.83. The summed E-state index contributed by atoms with van der Waals surface area (Å²) in [6.07, 6.45) is 3.28. The van der Waals surface area contributed by atoms with Gasteiger partial charge in [0.25, 0.3) is 0 Å². The molecular formula is C18H17BrO4. The van der Waals surface area contributed by atoms with E-state index >= 15 is 0 Å². The standard InChI is InChI=1S/C18H17BrO4/c1-21-16-8-5-12(10-14(16)19)4-7-15(20)13-6-9-17(22-2)18(11-13)23-3/h4-11H,1-3H3. The SMILES string of the molecule is COc1ccc(C=CC(=O)c2ccc(OC)c(OC)c2)cc1Br. The molecule has 23 heavy (non-hydrogen) atoms. The molecule has 0 aliphatic rings. The second-order valence-corrected chi connectivity index (χ2v) is 5.52. The molecule has 0 saturated carbocycles. The van der Waals surface area contributed by atoms with Gasteiger partial charge in [-0.1, -0.05) is 12.1 Å². The first-order valence-corrected chi connectivity index (χ1v) is 7.66. The highest BCUT2D eigenvalue weighted by atomic mass is 79.9. The number of carbonyl (C=O) groups excluding carboxylic acids is 1. The number of hydrogen-bond acceptors (Lipinski definition) is 4. The Labute approximate surface area is 143 Å². The van der Waals surface area contributed by atoms with E-state index in [1.807, 2.05) is 18.2 Å². The zero-order chi connectivity index (χ0) is 16.8. The zero-order valence-electron chi connectivity index (χ0n) is 13.1. The van der Waals surface area contributed by atoms with Gasteiger partial charge in [-0.3, -0.25) is 4.79 Å². The fourth-order valence-electron chi connectivity index (χ4n) is 2.04. The maximum absolute atomic E-state index is 12.3. The number of allylic oxidation sites excluding steroid dienone is 1. The third-order valence-electron chi connectivity index (χ3n) is 3.27. The molecule has 0 aliphatic carbocycles. The van der Waals surface area contributed by atoms with Gasteiger partial charge >= 0.3 is 0 Å². The summed E-state index contributed by atoms with van der Waals surface area (Å²) in [7, 11) is 4.70. The van der Waals surface area contributed by atoms with Crippen LogP contribution in [0.15, 0.2) is 46.9 Å². The number of carbonyl (C=O) groups is 1. The molecule has 0 heterocycles. The minimum absolute atomic E-state index is 0.113. The smallest absolute Gasteiger partial charge is 0.185 e.